The molecule has 0 bridgehead atoms. The highest BCUT2D eigenvalue weighted by Crippen LogP contribution is 2.21. The summed E-state index contributed by atoms with van der Waals surface area (Å²) in [4.78, 5) is 11.3. The van der Waals surface area contributed by atoms with Crippen LogP contribution in [-0.2, 0) is 0 Å². The number of hydrogen-bond donors (Lipinski definition) is 1. The van der Waals surface area contributed by atoms with Crippen molar-refractivity contribution in [3.63, 3.8) is 0 Å². The molecule has 0 saturated carbocycles. The third-order valence-electron chi connectivity index (χ3n) is 1.52. The van der Waals surface area contributed by atoms with Gasteiger partial charge in [-0.3, -0.25) is 0 Å². The first-order valence-corrected chi connectivity index (χ1v) is 4.96. The number of nitrogens with zero attached hydrogens (tertiary/aromatic N) is 2. The van der Waals surface area contributed by atoms with Gasteiger partial charge in [-0.1, -0.05) is 23.4 Å². The Hall–Kier alpha value is -0.740. The Labute approximate surface area is 78.6 Å². The number of fused-ring (bicyclic) bond motifs is 1. The second-order valence-electron chi connectivity index (χ2n) is 2.24. The normalized spacial score (nSPS) is 10.8. The molecule has 0 unspecified atom stereocenters. The Morgan fingerprint density at radius 3 is 3.08 bits per heavy atom. The van der Waals surface area contributed by atoms with Crippen molar-refractivity contribution in [1.82, 2.24) is 15.0 Å². The molecular formula is C7H6ClN3S. The van der Waals surface area contributed by atoms with Crippen LogP contribution in [0.25, 0.3) is 11.0 Å². The predicted molar refractivity (Wildman–Crippen MR) is 50.7 cm³/mol. The Morgan fingerprint density at radius 1 is 1.50 bits per heavy atom. The van der Waals surface area contributed by atoms with E-state index in [4.69, 9.17) is 11.6 Å². The zero-order valence-electron chi connectivity index (χ0n) is 6.34. The van der Waals surface area contributed by atoms with Crippen molar-refractivity contribution in [3.8, 4) is 0 Å². The van der Waals surface area contributed by atoms with Crippen LogP contribution in [0.15, 0.2) is 17.4 Å². The van der Waals surface area contributed by atoms with Gasteiger partial charge in [0.15, 0.2) is 10.3 Å². The molecule has 2 heterocycles. The topological polar surface area (TPSA) is 41.6 Å². The van der Waals surface area contributed by atoms with Crippen molar-refractivity contribution >= 4 is 34.4 Å². The molecule has 0 fully saturated rings. The van der Waals surface area contributed by atoms with Crippen molar-refractivity contribution in [2.24, 2.45) is 0 Å². The number of thioether (sulfide) groups is 1. The van der Waals surface area contributed by atoms with Crippen LogP contribution in [0.5, 0.6) is 0 Å². The van der Waals surface area contributed by atoms with Crippen molar-refractivity contribution in [2.45, 2.75) is 5.16 Å². The van der Waals surface area contributed by atoms with E-state index in [9.17, 15) is 0 Å². The smallest absolute Gasteiger partial charge is 0.189 e. The lowest BCUT2D eigenvalue weighted by molar-refractivity contribution is 1.01. The van der Waals surface area contributed by atoms with Crippen molar-refractivity contribution in [3.05, 3.63) is 17.4 Å². The van der Waals surface area contributed by atoms with Crippen LogP contribution in [0, 0.1) is 0 Å². The summed E-state index contributed by atoms with van der Waals surface area (Å²) in [5.41, 5.74) is 1.66. The lowest BCUT2D eigenvalue weighted by Gasteiger charge is -1.96. The molecule has 0 amide bonds. The summed E-state index contributed by atoms with van der Waals surface area (Å²) in [5.74, 6) is 0. The van der Waals surface area contributed by atoms with Crippen LogP contribution in [0.4, 0.5) is 0 Å². The van der Waals surface area contributed by atoms with E-state index in [2.05, 4.69) is 15.0 Å². The number of aromatic nitrogens is 3. The summed E-state index contributed by atoms with van der Waals surface area (Å²) in [7, 11) is 0. The molecule has 5 heteroatoms. The average molecular weight is 200 g/mol. The molecule has 62 valence electrons. The van der Waals surface area contributed by atoms with Gasteiger partial charge in [0, 0.05) is 6.20 Å². The van der Waals surface area contributed by atoms with Gasteiger partial charge in [0.05, 0.1) is 5.52 Å². The fraction of sp³-hybridized carbons (Fsp3) is 0.143. The van der Waals surface area contributed by atoms with Crippen LogP contribution in [0.1, 0.15) is 0 Å². The van der Waals surface area contributed by atoms with E-state index in [0.717, 1.165) is 11.0 Å². The standard InChI is InChI=1S/C7H6ClN3S/c1-12-7-10-4-2-3-9-5(4)6(8)11-7/h2-3,9H,1H3. The van der Waals surface area contributed by atoms with Crippen LogP contribution >= 0.6 is 23.4 Å². The quantitative estimate of drug-likeness (QED) is 0.436. The summed E-state index contributed by atoms with van der Waals surface area (Å²) in [6, 6.07) is 1.88. The molecule has 0 radical (unpaired) electrons. The first-order valence-electron chi connectivity index (χ1n) is 3.36. The van der Waals surface area contributed by atoms with Crippen molar-refractivity contribution in [2.75, 3.05) is 6.26 Å². The number of H-pyrrole nitrogens is 1. The van der Waals surface area contributed by atoms with E-state index >= 15 is 0 Å². The molecule has 0 atom stereocenters. The molecule has 1 N–H and O–H groups in total. The zero-order chi connectivity index (χ0) is 8.55. The van der Waals surface area contributed by atoms with E-state index in [0.29, 0.717) is 10.3 Å². The molecule has 0 saturated heterocycles. The van der Waals surface area contributed by atoms with E-state index in [1.54, 1.807) is 6.20 Å². The fourth-order valence-corrected chi connectivity index (χ4v) is 1.63. The molecular weight excluding hydrogens is 194 g/mol. The largest absolute Gasteiger partial charge is 0.357 e. The summed E-state index contributed by atoms with van der Waals surface area (Å²) in [6.07, 6.45) is 3.72. The van der Waals surface area contributed by atoms with Gasteiger partial charge in [-0.15, -0.1) is 0 Å². The molecule has 0 aliphatic carbocycles. The molecule has 0 aromatic carbocycles. The van der Waals surface area contributed by atoms with Crippen LogP contribution < -0.4 is 0 Å². The number of aromatic amines is 1. The Morgan fingerprint density at radius 2 is 2.33 bits per heavy atom. The van der Waals surface area contributed by atoms with Gasteiger partial charge in [-0.05, 0) is 12.3 Å². The molecule has 2 aromatic heterocycles. The number of nitrogens with one attached hydrogen (secondary N) is 1. The summed E-state index contributed by atoms with van der Waals surface area (Å²) in [6.45, 7) is 0. The van der Waals surface area contributed by atoms with Gasteiger partial charge in [0.25, 0.3) is 0 Å². The lowest BCUT2D eigenvalue weighted by Crippen LogP contribution is -1.86. The van der Waals surface area contributed by atoms with E-state index in [-0.39, 0.29) is 0 Å². The summed E-state index contributed by atoms with van der Waals surface area (Å²) < 4.78 is 0. The number of halogens is 1. The maximum Gasteiger partial charge on any atom is 0.189 e. The van der Waals surface area contributed by atoms with Crippen LogP contribution in [0.3, 0.4) is 0 Å². The van der Waals surface area contributed by atoms with Crippen LogP contribution in [0.2, 0.25) is 5.15 Å². The second-order valence-corrected chi connectivity index (χ2v) is 3.37. The Balaban J connectivity index is 2.75. The molecule has 2 rings (SSSR count). The molecule has 12 heavy (non-hydrogen) atoms. The lowest BCUT2D eigenvalue weighted by atomic mass is 10.5. The van der Waals surface area contributed by atoms with E-state index in [1.807, 2.05) is 12.3 Å². The van der Waals surface area contributed by atoms with E-state index in [1.165, 1.54) is 11.8 Å². The molecule has 0 aliphatic heterocycles. The number of hydrogen-bond acceptors (Lipinski definition) is 3. The maximum absolute atomic E-state index is 5.89. The van der Waals surface area contributed by atoms with Gasteiger partial charge in [0.2, 0.25) is 0 Å². The third kappa shape index (κ3) is 1.17. The van der Waals surface area contributed by atoms with Gasteiger partial charge in [-0.2, -0.15) is 0 Å². The summed E-state index contributed by atoms with van der Waals surface area (Å²) >= 11 is 7.37. The van der Waals surface area contributed by atoms with E-state index < -0.39 is 0 Å². The first-order chi connectivity index (χ1) is 5.81. The predicted octanol–water partition coefficient (Wildman–Crippen LogP) is 2.33. The van der Waals surface area contributed by atoms with Gasteiger partial charge in [0.1, 0.15) is 5.52 Å². The minimum absolute atomic E-state index is 0.481. The SMILES string of the molecule is CSc1nc(Cl)c2[nH]ccc2n1. The fourth-order valence-electron chi connectivity index (χ4n) is 0.979. The monoisotopic (exact) mass is 199 g/mol. The second kappa shape index (κ2) is 2.95. The minimum Gasteiger partial charge on any atom is -0.357 e. The Bertz CT molecular complexity index is 412. The maximum atomic E-state index is 5.89. The van der Waals surface area contributed by atoms with Crippen LogP contribution in [-0.4, -0.2) is 21.2 Å². The van der Waals surface area contributed by atoms with Gasteiger partial charge < -0.3 is 4.98 Å². The third-order valence-corrected chi connectivity index (χ3v) is 2.35. The average Bonchev–Trinajstić information content (AvgIpc) is 2.52. The van der Waals surface area contributed by atoms with Crippen molar-refractivity contribution in [1.29, 1.82) is 0 Å². The minimum atomic E-state index is 0.481. The molecule has 3 nitrogen and oxygen atoms in total. The highest BCUT2D eigenvalue weighted by molar-refractivity contribution is 7.98. The highest BCUT2D eigenvalue weighted by atomic mass is 35.5. The molecule has 2 aromatic rings. The summed E-state index contributed by atoms with van der Waals surface area (Å²) in [5, 5.41) is 1.18. The van der Waals surface area contributed by atoms with Gasteiger partial charge in [-0.25, -0.2) is 9.97 Å². The first kappa shape index (κ1) is 7.89. The zero-order valence-corrected chi connectivity index (χ0v) is 7.91. The highest BCUT2D eigenvalue weighted by Gasteiger charge is 2.04. The molecule has 0 spiro atoms. The molecule has 0 aliphatic rings. The number of rotatable bonds is 1. The van der Waals surface area contributed by atoms with Gasteiger partial charge >= 0.3 is 0 Å². The van der Waals surface area contributed by atoms with Crippen molar-refractivity contribution < 1.29 is 0 Å². The Kier molecular flexibility index (Phi) is 1.94.